The molecule has 0 amide bonds. The topological polar surface area (TPSA) is 54.9 Å². The van der Waals surface area contributed by atoms with Gasteiger partial charge in [0.2, 0.25) is 0 Å². The number of hydrogen-bond acceptors (Lipinski definition) is 4. The van der Waals surface area contributed by atoms with E-state index in [1.54, 1.807) is 32.6 Å². The summed E-state index contributed by atoms with van der Waals surface area (Å²) >= 11 is 5.30. The molecule has 1 atom stereocenters. The van der Waals surface area contributed by atoms with Gasteiger partial charge in [-0.2, -0.15) is 0 Å². The van der Waals surface area contributed by atoms with Crippen molar-refractivity contribution in [3.63, 3.8) is 0 Å². The Kier molecular flexibility index (Phi) is 7.58. The molecule has 2 aromatic rings. The molecule has 1 aromatic carbocycles. The van der Waals surface area contributed by atoms with Crippen molar-refractivity contribution in [1.29, 1.82) is 0 Å². The highest BCUT2D eigenvalue weighted by Crippen LogP contribution is 2.36. The lowest BCUT2D eigenvalue weighted by atomic mass is 10.1. The third-order valence-electron chi connectivity index (χ3n) is 3.78. The maximum absolute atomic E-state index is 5.38. The number of nitrogens with one attached hydrogen (secondary N) is 2. The summed E-state index contributed by atoms with van der Waals surface area (Å²) in [5.41, 5.74) is 1.07. The van der Waals surface area contributed by atoms with Gasteiger partial charge in [-0.25, -0.2) is 0 Å². The zero-order valence-corrected chi connectivity index (χ0v) is 17.3. The van der Waals surface area contributed by atoms with Crippen LogP contribution in [-0.4, -0.2) is 33.8 Å². The molecule has 1 aromatic heterocycles. The highest BCUT2D eigenvalue weighted by atomic mass is 79.9. The minimum atomic E-state index is 0.439. The summed E-state index contributed by atoms with van der Waals surface area (Å²) in [6.07, 6.45) is 0. The molecule has 0 aliphatic rings. The van der Waals surface area contributed by atoms with Crippen LogP contribution in [0.3, 0.4) is 0 Å². The van der Waals surface area contributed by atoms with Crippen molar-refractivity contribution in [2.75, 3.05) is 27.8 Å². The Hall–Kier alpha value is -1.73. The SMILES string of the molecule is CN=C(NCc1cc(Br)c(OC)c(OC)c1)NCC(C)c1cccs1. The third-order valence-corrected chi connectivity index (χ3v) is 5.47. The van der Waals surface area contributed by atoms with Gasteiger partial charge in [-0.15, -0.1) is 11.3 Å². The minimum absolute atomic E-state index is 0.439. The first-order chi connectivity index (χ1) is 12.1. The predicted octanol–water partition coefficient (Wildman–Crippen LogP) is 4.00. The maximum atomic E-state index is 5.38. The van der Waals surface area contributed by atoms with Gasteiger partial charge in [-0.1, -0.05) is 13.0 Å². The summed E-state index contributed by atoms with van der Waals surface area (Å²) in [5.74, 6) is 2.60. The van der Waals surface area contributed by atoms with Crippen LogP contribution in [0.4, 0.5) is 0 Å². The zero-order valence-electron chi connectivity index (χ0n) is 14.9. The summed E-state index contributed by atoms with van der Waals surface area (Å²) < 4.78 is 11.6. The van der Waals surface area contributed by atoms with Gasteiger partial charge < -0.3 is 20.1 Å². The summed E-state index contributed by atoms with van der Waals surface area (Å²) in [6.45, 7) is 3.67. The highest BCUT2D eigenvalue weighted by Gasteiger charge is 2.11. The van der Waals surface area contributed by atoms with E-state index >= 15 is 0 Å². The van der Waals surface area contributed by atoms with Gasteiger partial charge in [0.25, 0.3) is 0 Å². The van der Waals surface area contributed by atoms with Gasteiger partial charge in [0.05, 0.1) is 18.7 Å². The van der Waals surface area contributed by atoms with E-state index in [0.717, 1.165) is 22.5 Å². The van der Waals surface area contributed by atoms with Crippen molar-refractivity contribution < 1.29 is 9.47 Å². The Morgan fingerprint density at radius 2 is 2.08 bits per heavy atom. The molecule has 0 aliphatic heterocycles. The Morgan fingerprint density at radius 3 is 2.68 bits per heavy atom. The van der Waals surface area contributed by atoms with E-state index in [1.165, 1.54) is 4.88 Å². The fourth-order valence-electron chi connectivity index (χ4n) is 2.40. The molecule has 0 aliphatic carbocycles. The van der Waals surface area contributed by atoms with Crippen molar-refractivity contribution in [3.05, 3.63) is 44.6 Å². The monoisotopic (exact) mass is 425 g/mol. The maximum Gasteiger partial charge on any atom is 0.191 e. The molecule has 1 heterocycles. The second-order valence-corrected chi connectivity index (χ2v) is 7.37. The molecule has 5 nitrogen and oxygen atoms in total. The fourth-order valence-corrected chi connectivity index (χ4v) is 3.84. The number of thiophene rings is 1. The van der Waals surface area contributed by atoms with Crippen LogP contribution in [0, 0.1) is 0 Å². The average Bonchev–Trinajstić information content (AvgIpc) is 3.15. The van der Waals surface area contributed by atoms with E-state index < -0.39 is 0 Å². The molecule has 0 spiro atoms. The van der Waals surface area contributed by atoms with Gasteiger partial charge in [-0.05, 0) is 45.1 Å². The zero-order chi connectivity index (χ0) is 18.2. The van der Waals surface area contributed by atoms with Gasteiger partial charge in [0.1, 0.15) is 0 Å². The van der Waals surface area contributed by atoms with Crippen LogP contribution in [0.1, 0.15) is 23.3 Å². The van der Waals surface area contributed by atoms with Crippen LogP contribution in [-0.2, 0) is 6.54 Å². The number of aliphatic imine (C=N–C) groups is 1. The summed E-state index contributed by atoms with van der Waals surface area (Å²) in [6, 6.07) is 8.21. The standard InChI is InChI=1S/C18H24BrN3O2S/c1-12(16-6-5-7-25-16)10-21-18(20-2)22-11-13-8-14(19)17(24-4)15(9-13)23-3/h5-9,12H,10-11H2,1-4H3,(H2,20,21,22). The van der Waals surface area contributed by atoms with Crippen molar-refractivity contribution >= 4 is 33.2 Å². The summed E-state index contributed by atoms with van der Waals surface area (Å²) in [4.78, 5) is 5.65. The molecule has 7 heteroatoms. The summed E-state index contributed by atoms with van der Waals surface area (Å²) in [5, 5.41) is 8.80. The predicted molar refractivity (Wildman–Crippen MR) is 108 cm³/mol. The lowest BCUT2D eigenvalue weighted by molar-refractivity contribution is 0.352. The number of methoxy groups -OCH3 is 2. The van der Waals surface area contributed by atoms with Gasteiger partial charge >= 0.3 is 0 Å². The smallest absolute Gasteiger partial charge is 0.191 e. The Bertz CT molecular complexity index is 705. The molecular formula is C18H24BrN3O2S. The van der Waals surface area contributed by atoms with E-state index in [1.807, 2.05) is 12.1 Å². The second kappa shape index (κ2) is 9.68. The van der Waals surface area contributed by atoms with Crippen molar-refractivity contribution in [3.8, 4) is 11.5 Å². The Labute approximate surface area is 161 Å². The van der Waals surface area contributed by atoms with Crippen LogP contribution in [0.25, 0.3) is 0 Å². The minimum Gasteiger partial charge on any atom is -0.493 e. The first-order valence-corrected chi connectivity index (χ1v) is 9.64. The normalized spacial score (nSPS) is 12.6. The Balaban J connectivity index is 1.93. The molecule has 136 valence electrons. The van der Waals surface area contributed by atoms with E-state index in [4.69, 9.17) is 9.47 Å². The van der Waals surface area contributed by atoms with E-state index in [0.29, 0.717) is 24.0 Å². The van der Waals surface area contributed by atoms with Crippen molar-refractivity contribution in [2.45, 2.75) is 19.4 Å². The molecule has 2 N–H and O–H groups in total. The third kappa shape index (κ3) is 5.37. The van der Waals surface area contributed by atoms with Crippen LogP contribution in [0.2, 0.25) is 0 Å². The van der Waals surface area contributed by atoms with Crippen LogP contribution in [0.5, 0.6) is 11.5 Å². The second-order valence-electron chi connectivity index (χ2n) is 5.54. The van der Waals surface area contributed by atoms with Crippen LogP contribution in [0.15, 0.2) is 39.1 Å². The van der Waals surface area contributed by atoms with Gasteiger partial charge in [0, 0.05) is 30.9 Å². The number of halogens is 1. The fraction of sp³-hybridized carbons (Fsp3) is 0.389. The number of benzene rings is 1. The summed E-state index contributed by atoms with van der Waals surface area (Å²) in [7, 11) is 5.03. The van der Waals surface area contributed by atoms with Gasteiger partial charge in [0.15, 0.2) is 17.5 Å². The molecule has 0 bridgehead atoms. The molecule has 2 rings (SSSR count). The van der Waals surface area contributed by atoms with Crippen molar-refractivity contribution in [1.82, 2.24) is 10.6 Å². The molecule has 25 heavy (non-hydrogen) atoms. The average molecular weight is 426 g/mol. The quantitative estimate of drug-likeness (QED) is 0.519. The van der Waals surface area contributed by atoms with Gasteiger partial charge in [-0.3, -0.25) is 4.99 Å². The first kappa shape index (κ1) is 19.6. The lowest BCUT2D eigenvalue weighted by Crippen LogP contribution is -2.38. The largest absolute Gasteiger partial charge is 0.493 e. The first-order valence-electron chi connectivity index (χ1n) is 7.97. The van der Waals surface area contributed by atoms with Crippen molar-refractivity contribution in [2.24, 2.45) is 4.99 Å². The van der Waals surface area contributed by atoms with Crippen LogP contribution >= 0.6 is 27.3 Å². The number of nitrogens with zero attached hydrogens (tertiary/aromatic N) is 1. The highest BCUT2D eigenvalue weighted by molar-refractivity contribution is 9.10. The molecule has 0 saturated heterocycles. The number of guanidine groups is 1. The van der Waals surface area contributed by atoms with E-state index in [9.17, 15) is 0 Å². The van der Waals surface area contributed by atoms with E-state index in [-0.39, 0.29) is 0 Å². The van der Waals surface area contributed by atoms with E-state index in [2.05, 4.69) is 56.0 Å². The lowest BCUT2D eigenvalue weighted by Gasteiger charge is -2.16. The Morgan fingerprint density at radius 1 is 1.28 bits per heavy atom. The molecule has 0 radical (unpaired) electrons. The molecular weight excluding hydrogens is 402 g/mol. The molecule has 0 fully saturated rings. The molecule has 0 saturated carbocycles. The van der Waals surface area contributed by atoms with Crippen LogP contribution < -0.4 is 20.1 Å². The number of rotatable bonds is 7. The number of ether oxygens (including phenoxy) is 2. The number of hydrogen-bond donors (Lipinski definition) is 2. The molecule has 1 unspecified atom stereocenters.